The molecule has 4 rings (SSSR count). The van der Waals surface area contributed by atoms with E-state index in [0.717, 1.165) is 29.2 Å². The average molecular weight is 417 g/mol. The van der Waals surface area contributed by atoms with Gasteiger partial charge >= 0.3 is 0 Å². The minimum absolute atomic E-state index is 0.0429. The average Bonchev–Trinajstić information content (AvgIpc) is 2.80. The van der Waals surface area contributed by atoms with Gasteiger partial charge in [0.15, 0.2) is 0 Å². The summed E-state index contributed by atoms with van der Waals surface area (Å²) in [5, 5.41) is 3.60. The van der Waals surface area contributed by atoms with Crippen molar-refractivity contribution in [2.75, 3.05) is 25.1 Å². The minimum atomic E-state index is -0.665. The molecular weight excluding hydrogens is 388 g/mol. The molecule has 3 aromatic carbocycles. The van der Waals surface area contributed by atoms with E-state index >= 15 is 0 Å². The van der Waals surface area contributed by atoms with Crippen LogP contribution in [0.1, 0.15) is 36.2 Å². The van der Waals surface area contributed by atoms with Crippen LogP contribution >= 0.6 is 0 Å². The predicted octanol–water partition coefficient (Wildman–Crippen LogP) is 5.30. The number of nitrogens with zero attached hydrogens (tertiary/aromatic N) is 1. The van der Waals surface area contributed by atoms with Gasteiger partial charge in [-0.25, -0.2) is 0 Å². The molecule has 0 saturated carbocycles. The Hall–Kier alpha value is -3.47. The summed E-state index contributed by atoms with van der Waals surface area (Å²) < 4.78 is 11.6. The Labute approximate surface area is 183 Å². The maximum Gasteiger partial charge on any atom is 0.258 e. The summed E-state index contributed by atoms with van der Waals surface area (Å²) in [4.78, 5) is 15.2. The van der Waals surface area contributed by atoms with Crippen LogP contribution < -0.4 is 14.8 Å². The number of ether oxygens (including phenoxy) is 2. The third kappa shape index (κ3) is 4.36. The van der Waals surface area contributed by atoms with Crippen molar-refractivity contribution in [1.29, 1.82) is 0 Å². The lowest BCUT2D eigenvalue weighted by molar-refractivity contribution is 0.0534. The molecule has 3 aromatic rings. The van der Waals surface area contributed by atoms with Crippen LogP contribution in [0.2, 0.25) is 0 Å². The first kappa shape index (κ1) is 20.8. The number of benzene rings is 3. The van der Waals surface area contributed by atoms with E-state index in [-0.39, 0.29) is 5.91 Å². The summed E-state index contributed by atoms with van der Waals surface area (Å²) in [6.07, 6.45) is 0.873. The number of anilines is 1. The highest BCUT2D eigenvalue weighted by molar-refractivity contribution is 6.02. The largest absolute Gasteiger partial charge is 0.490 e. The van der Waals surface area contributed by atoms with E-state index < -0.39 is 5.66 Å². The van der Waals surface area contributed by atoms with Crippen molar-refractivity contribution in [3.05, 3.63) is 90.0 Å². The van der Waals surface area contributed by atoms with Gasteiger partial charge in [-0.1, -0.05) is 49.4 Å². The van der Waals surface area contributed by atoms with E-state index in [1.54, 1.807) is 0 Å². The minimum Gasteiger partial charge on any atom is -0.490 e. The number of rotatable bonds is 8. The third-order valence-electron chi connectivity index (χ3n) is 5.53. The molecular formula is C26H28N2O3. The Balaban J connectivity index is 1.51. The van der Waals surface area contributed by atoms with Crippen molar-refractivity contribution in [2.24, 2.45) is 0 Å². The van der Waals surface area contributed by atoms with Gasteiger partial charge < -0.3 is 19.7 Å². The van der Waals surface area contributed by atoms with Crippen LogP contribution in [0, 0.1) is 0 Å². The molecule has 0 aromatic heterocycles. The van der Waals surface area contributed by atoms with E-state index in [1.165, 1.54) is 0 Å². The zero-order valence-corrected chi connectivity index (χ0v) is 18.0. The maximum absolute atomic E-state index is 13.3. The molecule has 0 aliphatic carbocycles. The van der Waals surface area contributed by atoms with Gasteiger partial charge in [0.25, 0.3) is 5.91 Å². The van der Waals surface area contributed by atoms with Crippen molar-refractivity contribution in [3.8, 4) is 11.5 Å². The van der Waals surface area contributed by atoms with Gasteiger partial charge in [-0.15, -0.1) is 0 Å². The fourth-order valence-electron chi connectivity index (χ4n) is 3.96. The molecule has 5 heteroatoms. The monoisotopic (exact) mass is 416 g/mol. The van der Waals surface area contributed by atoms with Crippen LogP contribution in [0.5, 0.6) is 11.5 Å². The van der Waals surface area contributed by atoms with Crippen molar-refractivity contribution in [3.63, 3.8) is 0 Å². The Kier molecular flexibility index (Phi) is 6.12. The third-order valence-corrected chi connectivity index (χ3v) is 5.53. The van der Waals surface area contributed by atoms with E-state index in [0.29, 0.717) is 25.3 Å². The zero-order valence-electron chi connectivity index (χ0n) is 18.0. The second kappa shape index (κ2) is 9.13. The fourth-order valence-corrected chi connectivity index (χ4v) is 3.96. The van der Waals surface area contributed by atoms with Crippen molar-refractivity contribution in [1.82, 2.24) is 4.90 Å². The topological polar surface area (TPSA) is 50.8 Å². The van der Waals surface area contributed by atoms with Crippen LogP contribution in [-0.4, -0.2) is 30.6 Å². The molecule has 160 valence electrons. The Bertz CT molecular complexity index is 1040. The highest BCUT2D eigenvalue weighted by Crippen LogP contribution is 2.38. The van der Waals surface area contributed by atoms with Gasteiger partial charge in [-0.3, -0.25) is 4.79 Å². The maximum atomic E-state index is 13.3. The molecule has 1 atom stereocenters. The summed E-state index contributed by atoms with van der Waals surface area (Å²) in [5.41, 5.74) is 1.87. The van der Waals surface area contributed by atoms with Gasteiger partial charge in [-0.2, -0.15) is 0 Å². The second-order valence-corrected chi connectivity index (χ2v) is 7.74. The molecule has 0 saturated heterocycles. The second-order valence-electron chi connectivity index (χ2n) is 7.74. The van der Waals surface area contributed by atoms with Crippen molar-refractivity contribution >= 4 is 11.6 Å². The number of carbonyl (C=O) groups is 1. The lowest BCUT2D eigenvalue weighted by Crippen LogP contribution is -2.56. The van der Waals surface area contributed by atoms with Gasteiger partial charge in [0, 0.05) is 17.8 Å². The molecule has 1 unspecified atom stereocenters. The standard InChI is InChI=1S/C26H28N2O3/c1-3-16-28-25(29)23-14-7-8-15-24(23)27-26(28,2)20-10-9-13-22(19-20)31-18-17-30-21-11-5-4-6-12-21/h4-15,19,27H,3,16-18H2,1-2H3. The lowest BCUT2D eigenvalue weighted by Gasteiger charge is -2.46. The van der Waals surface area contributed by atoms with Gasteiger partial charge in [0.05, 0.1) is 5.56 Å². The zero-order chi connectivity index (χ0) is 21.7. The Morgan fingerprint density at radius 1 is 0.871 bits per heavy atom. The summed E-state index contributed by atoms with van der Waals surface area (Å²) in [6, 6.07) is 25.3. The van der Waals surface area contributed by atoms with Crippen LogP contribution in [0.15, 0.2) is 78.9 Å². The number of nitrogens with one attached hydrogen (secondary N) is 1. The van der Waals surface area contributed by atoms with Crippen molar-refractivity contribution in [2.45, 2.75) is 25.9 Å². The molecule has 5 nitrogen and oxygen atoms in total. The summed E-state index contributed by atoms with van der Waals surface area (Å²) in [7, 11) is 0. The highest BCUT2D eigenvalue weighted by Gasteiger charge is 2.42. The Morgan fingerprint density at radius 3 is 2.32 bits per heavy atom. The van der Waals surface area contributed by atoms with Crippen LogP contribution in [-0.2, 0) is 5.66 Å². The smallest absolute Gasteiger partial charge is 0.258 e. The highest BCUT2D eigenvalue weighted by atomic mass is 16.5. The number of hydrogen-bond donors (Lipinski definition) is 1. The number of para-hydroxylation sites is 2. The summed E-state index contributed by atoms with van der Waals surface area (Å²) >= 11 is 0. The molecule has 1 amide bonds. The molecule has 0 spiro atoms. The van der Waals surface area contributed by atoms with Crippen molar-refractivity contribution < 1.29 is 14.3 Å². The SMILES string of the molecule is CCCN1C(=O)c2ccccc2NC1(C)c1cccc(OCCOc2ccccc2)c1. The first-order chi connectivity index (χ1) is 15.1. The molecule has 1 N–H and O–H groups in total. The molecule has 1 aliphatic heterocycles. The number of fused-ring (bicyclic) bond motifs is 1. The number of amides is 1. The van der Waals surface area contributed by atoms with Crippen LogP contribution in [0.3, 0.4) is 0 Å². The first-order valence-corrected chi connectivity index (χ1v) is 10.7. The molecule has 1 heterocycles. The quantitative estimate of drug-likeness (QED) is 0.507. The normalized spacial score (nSPS) is 17.6. The first-order valence-electron chi connectivity index (χ1n) is 10.7. The number of hydrogen-bond acceptors (Lipinski definition) is 4. The molecule has 0 fully saturated rings. The fraction of sp³-hybridized carbons (Fsp3) is 0.269. The molecule has 31 heavy (non-hydrogen) atoms. The van der Waals surface area contributed by atoms with E-state index in [9.17, 15) is 4.79 Å². The van der Waals surface area contributed by atoms with Crippen LogP contribution in [0.4, 0.5) is 5.69 Å². The molecule has 0 radical (unpaired) electrons. The van der Waals surface area contributed by atoms with E-state index in [1.807, 2.05) is 90.7 Å². The number of carbonyl (C=O) groups excluding carboxylic acids is 1. The lowest BCUT2D eigenvalue weighted by atomic mass is 9.93. The van der Waals surface area contributed by atoms with Gasteiger partial charge in [-0.05, 0) is 49.7 Å². The van der Waals surface area contributed by atoms with E-state index in [2.05, 4.69) is 12.2 Å². The predicted molar refractivity (Wildman–Crippen MR) is 123 cm³/mol. The Morgan fingerprint density at radius 2 is 1.55 bits per heavy atom. The van der Waals surface area contributed by atoms with Gasteiger partial charge in [0.1, 0.15) is 30.4 Å². The van der Waals surface area contributed by atoms with E-state index in [4.69, 9.17) is 9.47 Å². The molecule has 0 bridgehead atoms. The van der Waals surface area contributed by atoms with Gasteiger partial charge in [0.2, 0.25) is 0 Å². The van der Waals surface area contributed by atoms with Crippen LogP contribution in [0.25, 0.3) is 0 Å². The summed E-state index contributed by atoms with van der Waals surface area (Å²) in [6.45, 7) is 5.68. The summed E-state index contributed by atoms with van der Waals surface area (Å²) in [5.74, 6) is 1.62. The molecule has 1 aliphatic rings.